The summed E-state index contributed by atoms with van der Waals surface area (Å²) in [5, 5.41) is 1.47. The van der Waals surface area contributed by atoms with Crippen molar-refractivity contribution in [2.75, 3.05) is 11.6 Å². The van der Waals surface area contributed by atoms with Crippen LogP contribution in [0.15, 0.2) is 39.5 Å². The van der Waals surface area contributed by atoms with Gasteiger partial charge in [0.1, 0.15) is 11.3 Å². The monoisotopic (exact) mass is 397 g/mol. The van der Waals surface area contributed by atoms with Crippen LogP contribution in [0, 0.1) is 13.8 Å². The number of ether oxygens (including phenoxy) is 1. The Morgan fingerprint density at radius 2 is 2.00 bits per heavy atom. The van der Waals surface area contributed by atoms with Gasteiger partial charge in [0.25, 0.3) is 0 Å². The maximum absolute atomic E-state index is 12.2. The van der Waals surface area contributed by atoms with E-state index in [2.05, 4.69) is 43.9 Å². The number of anilines is 1. The van der Waals surface area contributed by atoms with Crippen molar-refractivity contribution in [1.29, 1.82) is 0 Å². The summed E-state index contributed by atoms with van der Waals surface area (Å²) in [5.74, 6) is 0.617. The Balaban J connectivity index is 1.85. The number of unbranched alkanes of at least 4 members (excludes halogenated alkanes) is 1. The molecule has 0 amide bonds. The van der Waals surface area contributed by atoms with Crippen molar-refractivity contribution < 1.29 is 9.15 Å². The van der Waals surface area contributed by atoms with E-state index in [9.17, 15) is 4.79 Å². The van der Waals surface area contributed by atoms with Crippen LogP contribution in [0.1, 0.15) is 42.0 Å². The first-order valence-corrected chi connectivity index (χ1v) is 10.1. The molecule has 5 heteroatoms. The van der Waals surface area contributed by atoms with Crippen LogP contribution in [0.3, 0.4) is 0 Å². The highest BCUT2D eigenvalue weighted by atomic mass is 35.5. The Bertz CT molecular complexity index is 1100. The van der Waals surface area contributed by atoms with Gasteiger partial charge in [-0.05, 0) is 55.5 Å². The fraction of sp³-hybridized carbons (Fsp3) is 0.348. The highest BCUT2D eigenvalue weighted by Crippen LogP contribution is 2.41. The van der Waals surface area contributed by atoms with E-state index in [1.165, 1.54) is 11.1 Å². The molecular formula is C23H24ClNO3. The van der Waals surface area contributed by atoms with Gasteiger partial charge in [-0.3, -0.25) is 0 Å². The molecule has 0 bridgehead atoms. The van der Waals surface area contributed by atoms with Crippen molar-refractivity contribution in [2.24, 2.45) is 0 Å². The first-order chi connectivity index (χ1) is 13.5. The van der Waals surface area contributed by atoms with E-state index in [0.717, 1.165) is 41.5 Å². The summed E-state index contributed by atoms with van der Waals surface area (Å²) in [6, 6.07) is 9.82. The van der Waals surface area contributed by atoms with Gasteiger partial charge < -0.3 is 14.1 Å². The Labute approximate surface area is 169 Å². The molecule has 1 aliphatic heterocycles. The molecule has 4 nitrogen and oxygen atoms in total. The highest BCUT2D eigenvalue weighted by molar-refractivity contribution is 6.33. The molecule has 0 spiro atoms. The molecule has 4 rings (SSSR count). The Kier molecular flexibility index (Phi) is 5.07. The van der Waals surface area contributed by atoms with Crippen LogP contribution in [-0.2, 0) is 13.0 Å². The van der Waals surface area contributed by atoms with Crippen molar-refractivity contribution in [3.63, 3.8) is 0 Å². The fourth-order valence-electron chi connectivity index (χ4n) is 3.84. The molecule has 0 fully saturated rings. The van der Waals surface area contributed by atoms with Crippen LogP contribution in [-0.4, -0.2) is 6.73 Å². The number of halogens is 1. The molecule has 0 saturated heterocycles. The molecule has 0 radical (unpaired) electrons. The second-order valence-electron chi connectivity index (χ2n) is 7.50. The summed E-state index contributed by atoms with van der Waals surface area (Å²) in [6.45, 7) is 7.29. The lowest BCUT2D eigenvalue weighted by atomic mass is 10.0. The van der Waals surface area contributed by atoms with Gasteiger partial charge in [0.15, 0.2) is 6.73 Å². The smallest absolute Gasteiger partial charge is 0.336 e. The molecule has 1 aliphatic rings. The first kappa shape index (κ1) is 18.9. The topological polar surface area (TPSA) is 42.7 Å². The molecule has 1 aromatic heterocycles. The predicted octanol–water partition coefficient (Wildman–Crippen LogP) is 5.76. The van der Waals surface area contributed by atoms with Gasteiger partial charge in [-0.25, -0.2) is 4.79 Å². The number of nitrogens with zero attached hydrogens (tertiary/aromatic N) is 1. The van der Waals surface area contributed by atoms with Crippen molar-refractivity contribution in [3.8, 4) is 5.75 Å². The zero-order valence-corrected chi connectivity index (χ0v) is 17.2. The lowest BCUT2D eigenvalue weighted by Crippen LogP contribution is -2.32. The standard InChI is InChI=1S/C23H24ClNO3/c1-4-5-6-16-10-21(26)28-22-17(16)11-19(24)23-18(22)12-25(13-27-23)20-9-14(2)7-8-15(20)3/h7-11H,4-6,12-13H2,1-3H3. The van der Waals surface area contributed by atoms with E-state index in [4.69, 9.17) is 20.8 Å². The molecule has 2 aromatic carbocycles. The molecule has 2 heterocycles. The number of hydrogen-bond acceptors (Lipinski definition) is 4. The van der Waals surface area contributed by atoms with Crippen molar-refractivity contribution in [3.05, 3.63) is 68.0 Å². The van der Waals surface area contributed by atoms with Crippen LogP contribution >= 0.6 is 11.6 Å². The lowest BCUT2D eigenvalue weighted by molar-refractivity contribution is 0.289. The number of rotatable bonds is 4. The van der Waals surface area contributed by atoms with Crippen LogP contribution in [0.4, 0.5) is 5.69 Å². The van der Waals surface area contributed by atoms with E-state index in [0.29, 0.717) is 29.6 Å². The lowest BCUT2D eigenvalue weighted by Gasteiger charge is -2.32. The van der Waals surface area contributed by atoms with Gasteiger partial charge in [0, 0.05) is 17.1 Å². The van der Waals surface area contributed by atoms with Gasteiger partial charge in [-0.2, -0.15) is 0 Å². The quantitative estimate of drug-likeness (QED) is 0.525. The summed E-state index contributed by atoms with van der Waals surface area (Å²) >= 11 is 6.55. The summed E-state index contributed by atoms with van der Waals surface area (Å²) < 4.78 is 11.7. The molecule has 3 aromatic rings. The summed E-state index contributed by atoms with van der Waals surface area (Å²) in [6.07, 6.45) is 2.90. The molecule has 0 N–H and O–H groups in total. The van der Waals surface area contributed by atoms with Crippen molar-refractivity contribution in [2.45, 2.75) is 46.6 Å². The molecule has 28 heavy (non-hydrogen) atoms. The van der Waals surface area contributed by atoms with Gasteiger partial charge in [0.2, 0.25) is 0 Å². The van der Waals surface area contributed by atoms with Crippen LogP contribution in [0.5, 0.6) is 5.75 Å². The van der Waals surface area contributed by atoms with Crippen LogP contribution in [0.25, 0.3) is 11.0 Å². The van der Waals surface area contributed by atoms with Gasteiger partial charge in [-0.1, -0.05) is 37.1 Å². The number of fused-ring (bicyclic) bond motifs is 3. The van der Waals surface area contributed by atoms with Crippen LogP contribution in [0.2, 0.25) is 5.02 Å². The third kappa shape index (κ3) is 3.37. The molecule has 0 atom stereocenters. The van der Waals surface area contributed by atoms with E-state index >= 15 is 0 Å². The summed E-state index contributed by atoms with van der Waals surface area (Å²) in [7, 11) is 0. The van der Waals surface area contributed by atoms with Crippen molar-refractivity contribution >= 4 is 28.3 Å². The maximum Gasteiger partial charge on any atom is 0.336 e. The average Bonchev–Trinajstić information content (AvgIpc) is 2.68. The van der Waals surface area contributed by atoms with Gasteiger partial charge >= 0.3 is 5.63 Å². The van der Waals surface area contributed by atoms with E-state index in [1.807, 2.05) is 6.07 Å². The Morgan fingerprint density at radius 1 is 1.18 bits per heavy atom. The zero-order valence-electron chi connectivity index (χ0n) is 16.5. The second-order valence-corrected chi connectivity index (χ2v) is 7.91. The molecule has 0 saturated carbocycles. The second kappa shape index (κ2) is 7.51. The van der Waals surface area contributed by atoms with Crippen LogP contribution < -0.4 is 15.3 Å². The Hall–Kier alpha value is -2.46. The SMILES string of the molecule is CCCCc1cc(=O)oc2c3c(c(Cl)cc12)OCN(c1cc(C)ccc1C)C3. The largest absolute Gasteiger partial charge is 0.471 e. The van der Waals surface area contributed by atoms with Gasteiger partial charge in [0.05, 0.1) is 17.1 Å². The minimum atomic E-state index is -0.327. The third-order valence-corrected chi connectivity index (χ3v) is 5.62. The van der Waals surface area contributed by atoms with Crippen molar-refractivity contribution in [1.82, 2.24) is 0 Å². The summed E-state index contributed by atoms with van der Waals surface area (Å²) in [5.41, 5.74) is 5.57. The summed E-state index contributed by atoms with van der Waals surface area (Å²) in [4.78, 5) is 14.4. The Morgan fingerprint density at radius 3 is 2.79 bits per heavy atom. The highest BCUT2D eigenvalue weighted by Gasteiger charge is 2.26. The molecule has 0 unspecified atom stereocenters. The predicted molar refractivity (Wildman–Crippen MR) is 114 cm³/mol. The molecule has 0 aliphatic carbocycles. The van der Waals surface area contributed by atoms with E-state index in [-0.39, 0.29) is 5.63 Å². The minimum absolute atomic E-state index is 0.327. The van der Waals surface area contributed by atoms with E-state index < -0.39 is 0 Å². The number of aryl methyl sites for hydroxylation is 3. The number of benzene rings is 2. The minimum Gasteiger partial charge on any atom is -0.471 e. The molecule has 146 valence electrons. The van der Waals surface area contributed by atoms with E-state index in [1.54, 1.807) is 6.07 Å². The number of hydrogen-bond donors (Lipinski definition) is 0. The third-order valence-electron chi connectivity index (χ3n) is 5.34. The molecular weight excluding hydrogens is 374 g/mol. The van der Waals surface area contributed by atoms with Gasteiger partial charge in [-0.15, -0.1) is 0 Å². The first-order valence-electron chi connectivity index (χ1n) is 9.71. The fourth-order valence-corrected chi connectivity index (χ4v) is 4.12. The zero-order chi connectivity index (χ0) is 19.8. The normalized spacial score (nSPS) is 13.5. The average molecular weight is 398 g/mol. The maximum atomic E-state index is 12.2.